The fourth-order valence-corrected chi connectivity index (χ4v) is 2.02. The van der Waals surface area contributed by atoms with E-state index in [1.807, 2.05) is 0 Å². The first kappa shape index (κ1) is 6.26. The summed E-state index contributed by atoms with van der Waals surface area (Å²) in [5.74, 6) is 0.528. The molecule has 2 heteroatoms. The Morgan fingerprint density at radius 1 is 1.17 bits per heavy atom. The maximum Gasteiger partial charge on any atom is 0.0567 e. The number of hydrogen-bond donors (Lipinski definition) is 2. The normalized spacial score (nSPS) is 35.3. The van der Waals surface area contributed by atoms with E-state index in [9.17, 15) is 0 Å². The standard InChI is InChI=1S/C10H10N2/c1-3-7-4-2-6-9-10(7)8(5-1)11-12-9/h1-6,8,10-12H. The van der Waals surface area contributed by atoms with E-state index >= 15 is 0 Å². The summed E-state index contributed by atoms with van der Waals surface area (Å²) in [5.41, 5.74) is 9.13. The Morgan fingerprint density at radius 3 is 3.17 bits per heavy atom. The predicted molar refractivity (Wildman–Crippen MR) is 48.0 cm³/mol. The fourth-order valence-electron chi connectivity index (χ4n) is 2.02. The largest absolute Gasteiger partial charge is 0.324 e. The van der Waals surface area contributed by atoms with Crippen LogP contribution in [0.1, 0.15) is 0 Å². The Kier molecular flexibility index (Phi) is 1.10. The van der Waals surface area contributed by atoms with Crippen LogP contribution in [0.3, 0.4) is 0 Å². The number of nitrogens with one attached hydrogen (secondary N) is 2. The molecular formula is C10H10N2. The second-order valence-corrected chi connectivity index (χ2v) is 3.31. The van der Waals surface area contributed by atoms with Crippen LogP contribution in [-0.2, 0) is 0 Å². The second kappa shape index (κ2) is 2.11. The summed E-state index contributed by atoms with van der Waals surface area (Å²) in [5, 5.41) is 0. The van der Waals surface area contributed by atoms with Crippen LogP contribution in [0.4, 0.5) is 0 Å². The third kappa shape index (κ3) is 0.676. The Hall–Kier alpha value is -1.28. The molecule has 60 valence electrons. The molecule has 2 nitrogen and oxygen atoms in total. The van der Waals surface area contributed by atoms with Crippen molar-refractivity contribution < 1.29 is 0 Å². The van der Waals surface area contributed by atoms with Gasteiger partial charge in [0.05, 0.1) is 6.04 Å². The van der Waals surface area contributed by atoms with E-state index in [2.05, 4.69) is 47.3 Å². The van der Waals surface area contributed by atoms with Crippen LogP contribution in [0.2, 0.25) is 0 Å². The van der Waals surface area contributed by atoms with Gasteiger partial charge in [-0.2, -0.15) is 0 Å². The van der Waals surface area contributed by atoms with Gasteiger partial charge in [-0.05, 0) is 11.6 Å². The van der Waals surface area contributed by atoms with Gasteiger partial charge >= 0.3 is 0 Å². The lowest BCUT2D eigenvalue weighted by Gasteiger charge is -2.21. The molecule has 1 saturated heterocycles. The van der Waals surface area contributed by atoms with E-state index in [1.165, 1.54) is 11.3 Å². The van der Waals surface area contributed by atoms with E-state index in [0.717, 1.165) is 0 Å². The Bertz CT molecular complexity index is 334. The summed E-state index contributed by atoms with van der Waals surface area (Å²) in [6, 6.07) is 0.446. The van der Waals surface area contributed by atoms with Crippen molar-refractivity contribution in [2.75, 3.05) is 0 Å². The minimum atomic E-state index is 0.446. The van der Waals surface area contributed by atoms with Gasteiger partial charge in [0.15, 0.2) is 0 Å². The van der Waals surface area contributed by atoms with E-state index in [-0.39, 0.29) is 0 Å². The lowest BCUT2D eigenvalue weighted by Crippen LogP contribution is -2.30. The highest BCUT2D eigenvalue weighted by Gasteiger charge is 2.33. The fraction of sp³-hybridized carbons (Fsp3) is 0.200. The van der Waals surface area contributed by atoms with Crippen molar-refractivity contribution in [1.82, 2.24) is 10.9 Å². The molecule has 12 heavy (non-hydrogen) atoms. The van der Waals surface area contributed by atoms with Crippen LogP contribution >= 0.6 is 0 Å². The first-order valence-corrected chi connectivity index (χ1v) is 4.23. The molecule has 0 saturated carbocycles. The van der Waals surface area contributed by atoms with Gasteiger partial charge in [-0.1, -0.05) is 30.4 Å². The van der Waals surface area contributed by atoms with Crippen LogP contribution in [0.25, 0.3) is 0 Å². The zero-order valence-electron chi connectivity index (χ0n) is 6.62. The quantitative estimate of drug-likeness (QED) is 0.550. The summed E-state index contributed by atoms with van der Waals surface area (Å²) in [6.07, 6.45) is 12.9. The summed E-state index contributed by atoms with van der Waals surface area (Å²) in [7, 11) is 0. The third-order valence-corrected chi connectivity index (χ3v) is 2.61. The molecule has 2 N–H and O–H groups in total. The van der Waals surface area contributed by atoms with Gasteiger partial charge in [-0.3, -0.25) is 0 Å². The van der Waals surface area contributed by atoms with Crippen LogP contribution in [0, 0.1) is 5.92 Å². The van der Waals surface area contributed by atoms with Crippen LogP contribution < -0.4 is 10.9 Å². The molecule has 0 aromatic heterocycles. The molecule has 3 aliphatic rings. The summed E-state index contributed by atoms with van der Waals surface area (Å²) in [4.78, 5) is 0. The Labute approximate surface area is 71.3 Å². The molecule has 0 amide bonds. The topological polar surface area (TPSA) is 24.1 Å². The first-order valence-electron chi connectivity index (χ1n) is 4.23. The average molecular weight is 158 g/mol. The molecule has 1 fully saturated rings. The smallest absolute Gasteiger partial charge is 0.0567 e. The highest BCUT2D eigenvalue weighted by Crippen LogP contribution is 2.33. The van der Waals surface area contributed by atoms with E-state index in [4.69, 9.17) is 0 Å². The predicted octanol–water partition coefficient (Wildman–Crippen LogP) is 1.03. The lowest BCUT2D eigenvalue weighted by molar-refractivity contribution is 0.591. The van der Waals surface area contributed by atoms with Gasteiger partial charge in [0.1, 0.15) is 0 Å². The minimum Gasteiger partial charge on any atom is -0.324 e. The SMILES string of the molecule is C1=CC2=CC=CC3NNC(=C1)C23. The number of hydrazine groups is 1. The maximum atomic E-state index is 3.24. The molecule has 0 aromatic rings. The van der Waals surface area contributed by atoms with Crippen molar-refractivity contribution in [1.29, 1.82) is 0 Å². The third-order valence-electron chi connectivity index (χ3n) is 2.61. The molecule has 2 unspecified atom stereocenters. The Morgan fingerprint density at radius 2 is 2.17 bits per heavy atom. The number of allylic oxidation sites excluding steroid dienone is 5. The molecule has 3 rings (SSSR count). The number of rotatable bonds is 0. The van der Waals surface area contributed by atoms with Gasteiger partial charge in [-0.25, -0.2) is 5.43 Å². The lowest BCUT2D eigenvalue weighted by atomic mass is 9.84. The van der Waals surface area contributed by atoms with Gasteiger partial charge in [0, 0.05) is 11.6 Å². The van der Waals surface area contributed by atoms with E-state index < -0.39 is 0 Å². The van der Waals surface area contributed by atoms with Crippen LogP contribution in [-0.4, -0.2) is 6.04 Å². The van der Waals surface area contributed by atoms with Crippen molar-refractivity contribution in [2.24, 2.45) is 5.92 Å². The molecular weight excluding hydrogens is 148 g/mol. The van der Waals surface area contributed by atoms with E-state index in [0.29, 0.717) is 12.0 Å². The molecule has 1 aliphatic heterocycles. The van der Waals surface area contributed by atoms with E-state index in [1.54, 1.807) is 0 Å². The van der Waals surface area contributed by atoms with Crippen LogP contribution in [0.5, 0.6) is 0 Å². The number of hydrogen-bond acceptors (Lipinski definition) is 2. The zero-order valence-corrected chi connectivity index (χ0v) is 6.62. The summed E-state index contributed by atoms with van der Waals surface area (Å²) < 4.78 is 0. The monoisotopic (exact) mass is 158 g/mol. The summed E-state index contributed by atoms with van der Waals surface area (Å²) >= 11 is 0. The highest BCUT2D eigenvalue weighted by molar-refractivity contribution is 5.45. The molecule has 0 bridgehead atoms. The molecule has 0 aromatic carbocycles. The van der Waals surface area contributed by atoms with Crippen molar-refractivity contribution in [3.8, 4) is 0 Å². The van der Waals surface area contributed by atoms with Crippen molar-refractivity contribution >= 4 is 0 Å². The zero-order chi connectivity index (χ0) is 7.97. The molecule has 0 radical (unpaired) electrons. The highest BCUT2D eigenvalue weighted by atomic mass is 15.4. The van der Waals surface area contributed by atoms with Gasteiger partial charge in [0.2, 0.25) is 0 Å². The molecule has 0 spiro atoms. The minimum absolute atomic E-state index is 0.446. The van der Waals surface area contributed by atoms with Crippen molar-refractivity contribution in [3.63, 3.8) is 0 Å². The second-order valence-electron chi connectivity index (χ2n) is 3.31. The molecule has 1 heterocycles. The maximum absolute atomic E-state index is 3.24. The molecule has 2 aliphatic carbocycles. The van der Waals surface area contributed by atoms with Gasteiger partial charge in [0.25, 0.3) is 0 Å². The van der Waals surface area contributed by atoms with Crippen molar-refractivity contribution in [2.45, 2.75) is 6.04 Å². The Balaban J connectivity index is 2.15. The average Bonchev–Trinajstić information content (AvgIpc) is 2.52. The van der Waals surface area contributed by atoms with Crippen LogP contribution in [0.15, 0.2) is 47.7 Å². The first-order chi connectivity index (χ1) is 5.95. The van der Waals surface area contributed by atoms with Gasteiger partial charge in [-0.15, -0.1) is 0 Å². The molecule has 2 atom stereocenters. The van der Waals surface area contributed by atoms with Gasteiger partial charge < -0.3 is 5.43 Å². The van der Waals surface area contributed by atoms with Crippen molar-refractivity contribution in [3.05, 3.63) is 47.7 Å². The summed E-state index contributed by atoms with van der Waals surface area (Å²) in [6.45, 7) is 0.